The Balaban J connectivity index is 1.30. The SMILES string of the molecule is O=C(c1ccccc1)N1CC(c2ccc(OCc3ccccc3)cc2OCc2ccccc2)C1. The van der Waals surface area contributed by atoms with Crippen LogP contribution in [0, 0.1) is 0 Å². The van der Waals surface area contributed by atoms with Crippen LogP contribution in [0.5, 0.6) is 11.5 Å². The van der Waals surface area contributed by atoms with Gasteiger partial charge in [0, 0.05) is 36.2 Å². The van der Waals surface area contributed by atoms with E-state index in [0.29, 0.717) is 26.3 Å². The molecule has 0 radical (unpaired) electrons. The van der Waals surface area contributed by atoms with E-state index in [1.165, 1.54) is 0 Å². The molecule has 4 nitrogen and oxygen atoms in total. The largest absolute Gasteiger partial charge is 0.489 e. The van der Waals surface area contributed by atoms with Crippen molar-refractivity contribution < 1.29 is 14.3 Å². The van der Waals surface area contributed by atoms with Crippen LogP contribution in [0.2, 0.25) is 0 Å². The predicted octanol–water partition coefficient (Wildman–Crippen LogP) is 6.08. The molecule has 4 aromatic rings. The molecule has 1 fully saturated rings. The van der Waals surface area contributed by atoms with Gasteiger partial charge in [0.15, 0.2) is 0 Å². The molecule has 4 heteroatoms. The molecule has 0 atom stereocenters. The second-order valence-electron chi connectivity index (χ2n) is 8.52. The summed E-state index contributed by atoms with van der Waals surface area (Å²) in [6.45, 7) is 2.34. The van der Waals surface area contributed by atoms with Crippen molar-refractivity contribution in [2.24, 2.45) is 0 Å². The second-order valence-corrected chi connectivity index (χ2v) is 8.52. The zero-order chi connectivity index (χ0) is 23.2. The van der Waals surface area contributed by atoms with E-state index in [1.54, 1.807) is 0 Å². The minimum Gasteiger partial charge on any atom is -0.489 e. The minimum atomic E-state index is 0.0754. The van der Waals surface area contributed by atoms with Gasteiger partial charge in [-0.2, -0.15) is 0 Å². The number of hydrogen-bond donors (Lipinski definition) is 0. The topological polar surface area (TPSA) is 38.8 Å². The molecule has 1 amide bonds. The second kappa shape index (κ2) is 10.3. The summed E-state index contributed by atoms with van der Waals surface area (Å²) in [6, 6.07) is 35.7. The summed E-state index contributed by atoms with van der Waals surface area (Å²) < 4.78 is 12.3. The van der Waals surface area contributed by atoms with Crippen LogP contribution in [0.4, 0.5) is 0 Å². The molecule has 5 rings (SSSR count). The number of nitrogens with zero attached hydrogens (tertiary/aromatic N) is 1. The first-order valence-electron chi connectivity index (χ1n) is 11.6. The lowest BCUT2D eigenvalue weighted by Gasteiger charge is -2.40. The van der Waals surface area contributed by atoms with Gasteiger partial charge in [-0.25, -0.2) is 0 Å². The Bertz CT molecular complexity index is 1220. The van der Waals surface area contributed by atoms with E-state index in [1.807, 2.05) is 95.9 Å². The van der Waals surface area contributed by atoms with Crippen molar-refractivity contribution >= 4 is 5.91 Å². The van der Waals surface area contributed by atoms with Gasteiger partial charge in [0.1, 0.15) is 24.7 Å². The van der Waals surface area contributed by atoms with E-state index in [2.05, 4.69) is 18.2 Å². The number of hydrogen-bond acceptors (Lipinski definition) is 3. The van der Waals surface area contributed by atoms with Crippen molar-refractivity contribution in [3.63, 3.8) is 0 Å². The summed E-state index contributed by atoms with van der Waals surface area (Å²) in [6.07, 6.45) is 0. The zero-order valence-corrected chi connectivity index (χ0v) is 19.0. The van der Waals surface area contributed by atoms with Gasteiger partial charge in [0.2, 0.25) is 0 Å². The van der Waals surface area contributed by atoms with Gasteiger partial charge in [-0.3, -0.25) is 4.79 Å². The number of carbonyl (C=O) groups is 1. The summed E-state index contributed by atoms with van der Waals surface area (Å²) in [7, 11) is 0. The van der Waals surface area contributed by atoms with Gasteiger partial charge in [0.25, 0.3) is 5.91 Å². The van der Waals surface area contributed by atoms with E-state index in [0.717, 1.165) is 33.8 Å². The lowest BCUT2D eigenvalue weighted by molar-refractivity contribution is 0.0599. The zero-order valence-electron chi connectivity index (χ0n) is 19.0. The Morgan fingerprint density at radius 1 is 0.706 bits per heavy atom. The number of rotatable bonds is 8. The van der Waals surface area contributed by atoms with Crippen LogP contribution >= 0.6 is 0 Å². The fraction of sp³-hybridized carbons (Fsp3) is 0.167. The van der Waals surface area contributed by atoms with Crippen molar-refractivity contribution in [2.45, 2.75) is 19.1 Å². The van der Waals surface area contributed by atoms with Gasteiger partial charge < -0.3 is 14.4 Å². The molecule has 0 spiro atoms. The number of amides is 1. The number of likely N-dealkylation sites (tertiary alicyclic amines) is 1. The molecule has 34 heavy (non-hydrogen) atoms. The molecular weight excluding hydrogens is 422 g/mol. The van der Waals surface area contributed by atoms with Crippen molar-refractivity contribution in [3.05, 3.63) is 131 Å². The number of carbonyl (C=O) groups excluding carboxylic acids is 1. The van der Waals surface area contributed by atoms with Gasteiger partial charge in [0.05, 0.1) is 0 Å². The first-order chi connectivity index (χ1) is 16.8. The maximum Gasteiger partial charge on any atom is 0.253 e. The van der Waals surface area contributed by atoms with Gasteiger partial charge in [-0.1, -0.05) is 84.9 Å². The lowest BCUT2D eigenvalue weighted by Crippen LogP contribution is -2.48. The highest BCUT2D eigenvalue weighted by atomic mass is 16.5. The highest BCUT2D eigenvalue weighted by Crippen LogP contribution is 2.37. The van der Waals surface area contributed by atoms with Crippen LogP contribution in [-0.2, 0) is 13.2 Å². The van der Waals surface area contributed by atoms with E-state index in [-0.39, 0.29) is 11.8 Å². The molecular formula is C30H27NO3. The van der Waals surface area contributed by atoms with Crippen molar-refractivity contribution in [2.75, 3.05) is 13.1 Å². The molecule has 4 aromatic carbocycles. The molecule has 1 heterocycles. The van der Waals surface area contributed by atoms with E-state index >= 15 is 0 Å². The molecule has 0 bridgehead atoms. The number of ether oxygens (including phenoxy) is 2. The summed E-state index contributed by atoms with van der Waals surface area (Å²) >= 11 is 0. The smallest absolute Gasteiger partial charge is 0.253 e. The van der Waals surface area contributed by atoms with Gasteiger partial charge in [-0.05, 0) is 29.3 Å². The highest BCUT2D eigenvalue weighted by Gasteiger charge is 2.34. The number of benzene rings is 4. The third-order valence-electron chi connectivity index (χ3n) is 6.10. The lowest BCUT2D eigenvalue weighted by atomic mass is 9.90. The average Bonchev–Trinajstić information content (AvgIpc) is 2.88. The van der Waals surface area contributed by atoms with Crippen LogP contribution in [0.1, 0.15) is 33.0 Å². The normalized spacial score (nSPS) is 13.2. The maximum absolute atomic E-state index is 12.7. The molecule has 1 aliphatic rings. The summed E-state index contributed by atoms with van der Waals surface area (Å²) in [5, 5.41) is 0. The van der Waals surface area contributed by atoms with Gasteiger partial charge in [-0.15, -0.1) is 0 Å². The first kappa shape index (κ1) is 21.8. The summed E-state index contributed by atoms with van der Waals surface area (Å²) in [5.41, 5.74) is 4.07. The van der Waals surface area contributed by atoms with Gasteiger partial charge >= 0.3 is 0 Å². The Kier molecular flexibility index (Phi) is 6.57. The van der Waals surface area contributed by atoms with E-state index < -0.39 is 0 Å². The Hall–Kier alpha value is -4.05. The monoisotopic (exact) mass is 449 g/mol. The molecule has 1 saturated heterocycles. The Labute approximate surface area is 200 Å². The average molecular weight is 450 g/mol. The van der Waals surface area contributed by atoms with E-state index in [4.69, 9.17) is 9.47 Å². The van der Waals surface area contributed by atoms with Crippen molar-refractivity contribution in [1.82, 2.24) is 4.90 Å². The van der Waals surface area contributed by atoms with E-state index in [9.17, 15) is 4.79 Å². The molecule has 0 N–H and O–H groups in total. The van der Waals surface area contributed by atoms with Crippen LogP contribution in [0.15, 0.2) is 109 Å². The molecule has 0 unspecified atom stereocenters. The molecule has 0 saturated carbocycles. The van der Waals surface area contributed by atoms with Crippen LogP contribution < -0.4 is 9.47 Å². The third-order valence-corrected chi connectivity index (χ3v) is 6.10. The maximum atomic E-state index is 12.7. The van der Waals surface area contributed by atoms with Crippen LogP contribution in [0.3, 0.4) is 0 Å². The third kappa shape index (κ3) is 5.12. The standard InChI is InChI=1S/C30H27NO3/c32-30(25-14-8-3-9-15-25)31-19-26(20-31)28-17-16-27(33-21-23-10-4-1-5-11-23)18-29(28)34-22-24-12-6-2-7-13-24/h1-18,26H,19-22H2. The predicted molar refractivity (Wildman–Crippen MR) is 133 cm³/mol. The summed E-state index contributed by atoms with van der Waals surface area (Å²) in [5.74, 6) is 1.89. The first-order valence-corrected chi connectivity index (χ1v) is 11.6. The highest BCUT2D eigenvalue weighted by molar-refractivity contribution is 5.94. The quantitative estimate of drug-likeness (QED) is 0.327. The minimum absolute atomic E-state index is 0.0754. The fourth-order valence-electron chi connectivity index (χ4n) is 4.15. The molecule has 170 valence electrons. The Morgan fingerprint density at radius 2 is 1.26 bits per heavy atom. The van der Waals surface area contributed by atoms with Crippen molar-refractivity contribution in [1.29, 1.82) is 0 Å². The fourth-order valence-corrected chi connectivity index (χ4v) is 4.15. The van der Waals surface area contributed by atoms with Crippen molar-refractivity contribution in [3.8, 4) is 11.5 Å². The van der Waals surface area contributed by atoms with Crippen LogP contribution in [-0.4, -0.2) is 23.9 Å². The van der Waals surface area contributed by atoms with Crippen LogP contribution in [0.25, 0.3) is 0 Å². The molecule has 0 aliphatic carbocycles. The molecule has 1 aliphatic heterocycles. The summed E-state index contributed by atoms with van der Waals surface area (Å²) in [4.78, 5) is 14.6. The Morgan fingerprint density at radius 3 is 1.88 bits per heavy atom. The molecule has 0 aromatic heterocycles.